The van der Waals surface area contributed by atoms with Crippen LogP contribution in [0, 0.1) is 13.8 Å². The van der Waals surface area contributed by atoms with Crippen LogP contribution in [0.2, 0.25) is 0 Å². The molecule has 1 rings (SSSR count). The van der Waals surface area contributed by atoms with Gasteiger partial charge in [0.15, 0.2) is 0 Å². The summed E-state index contributed by atoms with van der Waals surface area (Å²) in [5.74, 6) is 0. The minimum Gasteiger partial charge on any atom is -0.328 e. The van der Waals surface area contributed by atoms with Gasteiger partial charge in [0.05, 0.1) is 0 Å². The fourth-order valence-corrected chi connectivity index (χ4v) is 1.62. The van der Waals surface area contributed by atoms with Crippen molar-refractivity contribution in [3.8, 4) is 0 Å². The van der Waals surface area contributed by atoms with Crippen molar-refractivity contribution in [1.29, 1.82) is 0 Å². The topological polar surface area (TPSA) is 26.0 Å². The Morgan fingerprint density at radius 1 is 1.23 bits per heavy atom. The molecule has 2 N–H and O–H groups in total. The fraction of sp³-hybridized carbons (Fsp3) is 0.500. The van der Waals surface area contributed by atoms with Gasteiger partial charge in [-0.3, -0.25) is 0 Å². The molecule has 72 valence electrons. The first-order valence-electron chi connectivity index (χ1n) is 4.92. The predicted molar refractivity (Wildman–Crippen MR) is 57.9 cm³/mol. The van der Waals surface area contributed by atoms with Crippen LogP contribution in [0.4, 0.5) is 0 Å². The molecule has 1 nitrogen and oxygen atoms in total. The molecule has 13 heavy (non-hydrogen) atoms. The monoisotopic (exact) mass is 177 g/mol. The Kier molecular flexibility index (Phi) is 3.49. The number of hydrogen-bond donors (Lipinski definition) is 1. The van der Waals surface area contributed by atoms with Gasteiger partial charge in [-0.1, -0.05) is 18.2 Å². The Morgan fingerprint density at radius 2 is 1.77 bits per heavy atom. The van der Waals surface area contributed by atoms with Gasteiger partial charge in [0.25, 0.3) is 0 Å². The third-order valence-corrected chi connectivity index (χ3v) is 2.49. The van der Waals surface area contributed by atoms with Gasteiger partial charge in [-0.05, 0) is 50.3 Å². The molecule has 0 bridgehead atoms. The van der Waals surface area contributed by atoms with Gasteiger partial charge in [-0.25, -0.2) is 0 Å². The van der Waals surface area contributed by atoms with Crippen LogP contribution < -0.4 is 5.73 Å². The van der Waals surface area contributed by atoms with Gasteiger partial charge in [-0.15, -0.1) is 0 Å². The standard InChI is InChI=1S/C12H19N/c1-9-5-4-6-10(2)12(9)8-7-11(3)13/h4-6,11H,7-8,13H2,1-3H3. The van der Waals surface area contributed by atoms with Crippen LogP contribution >= 0.6 is 0 Å². The van der Waals surface area contributed by atoms with E-state index in [0.717, 1.165) is 12.8 Å². The van der Waals surface area contributed by atoms with E-state index < -0.39 is 0 Å². The largest absolute Gasteiger partial charge is 0.328 e. The van der Waals surface area contributed by atoms with E-state index in [1.54, 1.807) is 0 Å². The van der Waals surface area contributed by atoms with E-state index in [9.17, 15) is 0 Å². The summed E-state index contributed by atoms with van der Waals surface area (Å²) in [4.78, 5) is 0. The number of aryl methyl sites for hydroxylation is 2. The highest BCUT2D eigenvalue weighted by molar-refractivity contribution is 5.33. The third-order valence-electron chi connectivity index (χ3n) is 2.49. The predicted octanol–water partition coefficient (Wildman–Crippen LogP) is 2.58. The highest BCUT2D eigenvalue weighted by Crippen LogP contribution is 2.15. The van der Waals surface area contributed by atoms with E-state index in [0.29, 0.717) is 6.04 Å². The number of benzene rings is 1. The van der Waals surface area contributed by atoms with Crippen LogP contribution in [0.25, 0.3) is 0 Å². The van der Waals surface area contributed by atoms with Gasteiger partial charge in [-0.2, -0.15) is 0 Å². The van der Waals surface area contributed by atoms with Gasteiger partial charge in [0.1, 0.15) is 0 Å². The maximum Gasteiger partial charge on any atom is 0.00136 e. The second kappa shape index (κ2) is 4.43. The van der Waals surface area contributed by atoms with Crippen molar-refractivity contribution < 1.29 is 0 Å². The van der Waals surface area contributed by atoms with E-state index >= 15 is 0 Å². The smallest absolute Gasteiger partial charge is 0.00136 e. The van der Waals surface area contributed by atoms with Crippen molar-refractivity contribution >= 4 is 0 Å². The molecule has 0 amide bonds. The first kappa shape index (κ1) is 10.3. The lowest BCUT2D eigenvalue weighted by Gasteiger charge is -2.10. The fourth-order valence-electron chi connectivity index (χ4n) is 1.62. The van der Waals surface area contributed by atoms with Crippen molar-refractivity contribution in [2.24, 2.45) is 5.73 Å². The van der Waals surface area contributed by atoms with E-state index in [2.05, 4.69) is 39.0 Å². The molecule has 0 saturated carbocycles. The van der Waals surface area contributed by atoms with Crippen LogP contribution in [0.1, 0.15) is 30.0 Å². The van der Waals surface area contributed by atoms with E-state index in [1.165, 1.54) is 16.7 Å². The molecule has 0 aliphatic carbocycles. The molecule has 0 saturated heterocycles. The second-order valence-corrected chi connectivity index (χ2v) is 3.89. The zero-order chi connectivity index (χ0) is 9.84. The average Bonchev–Trinajstić information content (AvgIpc) is 2.03. The lowest BCUT2D eigenvalue weighted by atomic mass is 9.97. The summed E-state index contributed by atoms with van der Waals surface area (Å²) >= 11 is 0. The van der Waals surface area contributed by atoms with Crippen LogP contribution in [0.15, 0.2) is 18.2 Å². The molecule has 1 unspecified atom stereocenters. The molecule has 0 aliphatic heterocycles. The van der Waals surface area contributed by atoms with Crippen molar-refractivity contribution in [3.63, 3.8) is 0 Å². The number of rotatable bonds is 3. The third kappa shape index (κ3) is 2.85. The van der Waals surface area contributed by atoms with Gasteiger partial charge in [0.2, 0.25) is 0 Å². The molecule has 0 spiro atoms. The van der Waals surface area contributed by atoms with Gasteiger partial charge >= 0.3 is 0 Å². The Labute approximate surface area is 81.0 Å². The molecular formula is C12H19N. The molecule has 0 fully saturated rings. The summed E-state index contributed by atoms with van der Waals surface area (Å²) in [7, 11) is 0. The van der Waals surface area contributed by atoms with Crippen molar-refractivity contribution in [2.75, 3.05) is 0 Å². The van der Waals surface area contributed by atoms with E-state index in [1.807, 2.05) is 0 Å². The average molecular weight is 177 g/mol. The maximum absolute atomic E-state index is 5.74. The second-order valence-electron chi connectivity index (χ2n) is 3.89. The first-order valence-corrected chi connectivity index (χ1v) is 4.92. The molecule has 1 atom stereocenters. The molecule has 0 aromatic heterocycles. The molecule has 0 heterocycles. The molecule has 1 aromatic carbocycles. The zero-order valence-electron chi connectivity index (χ0n) is 8.80. The minimum atomic E-state index is 0.305. The summed E-state index contributed by atoms with van der Waals surface area (Å²) in [6.45, 7) is 6.40. The summed E-state index contributed by atoms with van der Waals surface area (Å²) in [5.41, 5.74) is 9.99. The normalized spacial score (nSPS) is 12.9. The van der Waals surface area contributed by atoms with Crippen LogP contribution in [0.5, 0.6) is 0 Å². The summed E-state index contributed by atoms with van der Waals surface area (Å²) in [5, 5.41) is 0. The Hall–Kier alpha value is -0.820. The minimum absolute atomic E-state index is 0.305. The molecule has 1 heteroatoms. The van der Waals surface area contributed by atoms with Crippen molar-refractivity contribution in [3.05, 3.63) is 34.9 Å². The summed E-state index contributed by atoms with van der Waals surface area (Å²) in [6, 6.07) is 6.76. The van der Waals surface area contributed by atoms with Gasteiger partial charge < -0.3 is 5.73 Å². The quantitative estimate of drug-likeness (QED) is 0.754. The number of hydrogen-bond acceptors (Lipinski definition) is 1. The SMILES string of the molecule is Cc1cccc(C)c1CCC(C)N. The molecule has 0 aliphatic rings. The van der Waals surface area contributed by atoms with Crippen LogP contribution in [0.3, 0.4) is 0 Å². The Balaban J connectivity index is 2.75. The first-order chi connectivity index (χ1) is 6.11. The highest BCUT2D eigenvalue weighted by Gasteiger charge is 2.02. The Bertz CT molecular complexity index is 256. The van der Waals surface area contributed by atoms with Crippen molar-refractivity contribution in [1.82, 2.24) is 0 Å². The molecular weight excluding hydrogens is 158 g/mol. The summed E-state index contributed by atoms with van der Waals surface area (Å²) in [6.07, 6.45) is 2.18. The zero-order valence-corrected chi connectivity index (χ0v) is 8.80. The number of nitrogens with two attached hydrogens (primary N) is 1. The van der Waals surface area contributed by atoms with Crippen LogP contribution in [-0.2, 0) is 6.42 Å². The van der Waals surface area contributed by atoms with Gasteiger partial charge in [0, 0.05) is 6.04 Å². The highest BCUT2D eigenvalue weighted by atomic mass is 14.6. The molecule has 0 radical (unpaired) electrons. The lowest BCUT2D eigenvalue weighted by molar-refractivity contribution is 0.663. The van der Waals surface area contributed by atoms with Crippen molar-refractivity contribution in [2.45, 2.75) is 39.7 Å². The van der Waals surface area contributed by atoms with E-state index in [-0.39, 0.29) is 0 Å². The summed E-state index contributed by atoms with van der Waals surface area (Å²) < 4.78 is 0. The molecule has 1 aromatic rings. The Morgan fingerprint density at radius 3 is 2.23 bits per heavy atom. The van der Waals surface area contributed by atoms with Crippen LogP contribution in [-0.4, -0.2) is 6.04 Å². The maximum atomic E-state index is 5.74. The van der Waals surface area contributed by atoms with E-state index in [4.69, 9.17) is 5.73 Å². The lowest BCUT2D eigenvalue weighted by Crippen LogP contribution is -2.15.